The van der Waals surface area contributed by atoms with Crippen molar-refractivity contribution in [3.8, 4) is 0 Å². The summed E-state index contributed by atoms with van der Waals surface area (Å²) in [5, 5.41) is 2.57. The highest BCUT2D eigenvalue weighted by molar-refractivity contribution is 7.85. The normalized spacial score (nSPS) is 11.8. The van der Waals surface area contributed by atoms with Crippen molar-refractivity contribution >= 4 is 33.3 Å². The molecule has 3 unspecified atom stereocenters. The number of amides is 1. The zero-order valence-electron chi connectivity index (χ0n) is 26.2. The van der Waals surface area contributed by atoms with Crippen molar-refractivity contribution in [2.75, 3.05) is 19.5 Å². The Morgan fingerprint density at radius 2 is 1.24 bits per heavy atom. The molecule has 0 radical (unpaired) electrons. The number of carbonyl (C=O) groups excluding carboxylic acids is 3. The van der Waals surface area contributed by atoms with Gasteiger partial charge in [0, 0.05) is 32.7 Å². The Balaban J connectivity index is -0.000000437. The Bertz CT molecular complexity index is 1440. The lowest BCUT2D eigenvalue weighted by Crippen LogP contribution is -2.32. The van der Waals surface area contributed by atoms with E-state index in [-0.39, 0.29) is 69.1 Å². The first kappa shape index (κ1) is 52.1. The van der Waals surface area contributed by atoms with Gasteiger partial charge in [-0.15, -0.1) is 0 Å². The summed E-state index contributed by atoms with van der Waals surface area (Å²) in [6.07, 6.45) is 3.21. The highest BCUT2D eigenvalue weighted by Gasteiger charge is 2.28. The van der Waals surface area contributed by atoms with Crippen molar-refractivity contribution in [2.45, 2.75) is 99.2 Å². The monoisotopic (exact) mass is 709 g/mol. The number of benzene rings is 3. The summed E-state index contributed by atoms with van der Waals surface area (Å²) in [5.41, 5.74) is 2.62. The minimum Gasteiger partial charge on any atom is -0.381 e. The summed E-state index contributed by atoms with van der Waals surface area (Å²) in [7, 11) is -1.20. The third-order valence-corrected chi connectivity index (χ3v) is 7.95. The first-order valence-corrected chi connectivity index (χ1v) is 15.9. The smallest absolute Gasteiger partial charge is 0.294 e. The van der Waals surface area contributed by atoms with Gasteiger partial charge in [0.15, 0.2) is 0 Å². The van der Waals surface area contributed by atoms with Crippen LogP contribution in [-0.2, 0) is 46.8 Å². The zero-order chi connectivity index (χ0) is 32.5. The molecule has 9 nitrogen and oxygen atoms in total. The molecule has 0 fully saturated rings. The number of Topliss-reactive ketones (excluding diaryl/α,β-unsaturated/α-hetero) is 2. The van der Waals surface area contributed by atoms with Crippen LogP contribution in [-0.4, -0.2) is 56.9 Å². The van der Waals surface area contributed by atoms with E-state index < -0.39 is 28.0 Å². The van der Waals surface area contributed by atoms with Crippen LogP contribution in [0.25, 0.3) is 0 Å². The van der Waals surface area contributed by atoms with Gasteiger partial charge in [0.1, 0.15) is 11.6 Å². The van der Waals surface area contributed by atoms with Crippen LogP contribution in [0.5, 0.6) is 0 Å². The minimum absolute atomic E-state index is 0. The molecule has 2 N–H and O–H groups in total. The van der Waals surface area contributed by atoms with Crippen LogP contribution in [0.4, 0.5) is 10.4 Å². The molecule has 3 aromatic rings. The minimum atomic E-state index is -4.37. The average molecular weight is 710 g/mol. The fourth-order valence-corrected chi connectivity index (χ4v) is 5.24. The lowest BCUT2D eigenvalue weighted by atomic mass is 9.90. The quantitative estimate of drug-likeness (QED) is 0.142. The molecule has 0 aliphatic carbocycles. The number of hydrogen-bond acceptors (Lipinski definition) is 7. The number of carbonyl (C=O) groups is 3. The van der Waals surface area contributed by atoms with Crippen molar-refractivity contribution in [1.29, 1.82) is 0 Å². The highest BCUT2D eigenvalue weighted by Crippen LogP contribution is 2.21. The number of ketones is 2. The fraction of sp³-hybridized carbons (Fsp3) is 0.447. The van der Waals surface area contributed by atoms with Crippen molar-refractivity contribution in [3.05, 3.63) is 96.1 Å². The maximum Gasteiger partial charge on any atom is 0.294 e. The molecule has 0 spiro atoms. The van der Waals surface area contributed by atoms with Gasteiger partial charge in [0.25, 0.3) is 10.1 Å². The predicted octanol–water partition coefficient (Wildman–Crippen LogP) is 8.43. The Morgan fingerprint density at radius 1 is 0.735 bits per heavy atom. The molecule has 3 atom stereocenters. The van der Waals surface area contributed by atoms with Gasteiger partial charge in [0.2, 0.25) is 5.91 Å². The predicted molar refractivity (Wildman–Crippen MR) is 200 cm³/mol. The summed E-state index contributed by atoms with van der Waals surface area (Å²) in [6.45, 7) is 3.03. The van der Waals surface area contributed by atoms with E-state index in [9.17, 15) is 22.8 Å². The van der Waals surface area contributed by atoms with Gasteiger partial charge >= 0.3 is 0 Å². The number of methoxy groups -OCH3 is 2. The first-order valence-electron chi connectivity index (χ1n) is 14.4. The van der Waals surface area contributed by atoms with E-state index in [0.29, 0.717) is 19.3 Å². The molecule has 0 bridgehead atoms. The van der Waals surface area contributed by atoms with Crippen LogP contribution in [0.2, 0.25) is 0 Å². The number of ether oxygens (including phenoxy) is 2. The summed E-state index contributed by atoms with van der Waals surface area (Å²) in [6, 6.07) is 25.3. The molecule has 3 aromatic carbocycles. The van der Waals surface area contributed by atoms with E-state index in [1.807, 2.05) is 48.5 Å². The third-order valence-electron chi connectivity index (χ3n) is 7.10. The molecule has 0 heterocycles. The van der Waals surface area contributed by atoms with Gasteiger partial charge in [-0.25, -0.2) is 0 Å². The Morgan fingerprint density at radius 3 is 1.67 bits per heavy atom. The molecule has 0 saturated carbocycles. The van der Waals surface area contributed by atoms with Gasteiger partial charge in [-0.1, -0.05) is 96.4 Å². The van der Waals surface area contributed by atoms with E-state index in [2.05, 4.69) is 17.4 Å². The second kappa shape index (κ2) is 27.1. The Labute approximate surface area is 294 Å². The van der Waals surface area contributed by atoms with Crippen LogP contribution >= 0.6 is 0 Å². The van der Waals surface area contributed by atoms with Crippen molar-refractivity contribution in [3.63, 3.8) is 0 Å². The van der Waals surface area contributed by atoms with Crippen molar-refractivity contribution in [2.24, 2.45) is 5.92 Å². The lowest BCUT2D eigenvalue weighted by molar-refractivity contribution is -0.130. The topological polar surface area (TPSA) is 136 Å². The number of halogens is 1. The van der Waals surface area contributed by atoms with E-state index in [1.54, 1.807) is 14.0 Å². The number of nitrogens with one attached hydrogen (secondary N) is 1. The van der Waals surface area contributed by atoms with Crippen LogP contribution in [0.1, 0.15) is 80.4 Å². The number of hydrogen-bond donors (Lipinski definition) is 2. The van der Waals surface area contributed by atoms with Gasteiger partial charge in [0.05, 0.1) is 23.0 Å². The van der Waals surface area contributed by atoms with Gasteiger partial charge in [-0.2, -0.15) is 8.42 Å². The lowest BCUT2D eigenvalue weighted by Gasteiger charge is -2.24. The second-order valence-electron chi connectivity index (χ2n) is 10.6. The SMILES string of the molecule is C.C.C.C.COC(CCc1ccccc1)C(CC(=O)Nc1cccc(S(=O)(=O)O)c1)C(C)=O.COC(CCc1ccccc1)CC(C)=O.F. The Hall–Kier alpha value is -3.77. The molecule has 0 aliphatic rings. The number of aryl methyl sites for hydroxylation is 2. The van der Waals surface area contributed by atoms with E-state index in [0.717, 1.165) is 24.5 Å². The molecule has 278 valence electrons. The number of anilines is 1. The molecule has 3 rings (SSSR count). The Kier molecular flexibility index (Phi) is 28.8. The standard InChI is InChI=1S/C21H25NO6S.C13H18O2.4CH4.FH/c1-15(23)19(20(28-2)12-11-16-7-4-3-5-8-16)14-21(24)22-17-9-6-10-18(13-17)29(25,26)27;1-11(14)10-13(15-2)9-8-12-6-4-3-5-7-12;;;;;/h3-10,13,19-20H,11-12,14H2,1-2H3,(H,22,24)(H,25,26,27);3-7,13H,8-10H2,1-2H3;4*1H4;1H. The third kappa shape index (κ3) is 20.4. The van der Waals surface area contributed by atoms with Crippen molar-refractivity contribution < 1.29 is 41.5 Å². The summed E-state index contributed by atoms with van der Waals surface area (Å²) in [5.74, 6) is -1.05. The summed E-state index contributed by atoms with van der Waals surface area (Å²) in [4.78, 5) is 35.2. The molecule has 0 aliphatic heterocycles. The molecular weight excluding hydrogens is 649 g/mol. The molecule has 0 aromatic heterocycles. The fourth-order valence-electron chi connectivity index (χ4n) is 4.72. The molecular formula is C38H60FNO8S. The molecule has 0 saturated heterocycles. The zero-order valence-corrected chi connectivity index (χ0v) is 27.0. The van der Waals surface area contributed by atoms with Crippen LogP contribution in [0.3, 0.4) is 0 Å². The second-order valence-corrected chi connectivity index (χ2v) is 12.0. The van der Waals surface area contributed by atoms with Gasteiger partial charge < -0.3 is 14.8 Å². The first-order chi connectivity index (χ1) is 20.9. The maximum atomic E-state index is 12.5. The molecule has 49 heavy (non-hydrogen) atoms. The maximum absolute atomic E-state index is 12.5. The average Bonchev–Trinajstić information content (AvgIpc) is 2.99. The molecule has 1 amide bonds. The summed E-state index contributed by atoms with van der Waals surface area (Å²) < 4.78 is 42.4. The van der Waals surface area contributed by atoms with E-state index >= 15 is 0 Å². The van der Waals surface area contributed by atoms with Crippen molar-refractivity contribution in [1.82, 2.24) is 0 Å². The highest BCUT2D eigenvalue weighted by atomic mass is 32.2. The van der Waals surface area contributed by atoms with Crippen LogP contribution in [0, 0.1) is 5.92 Å². The van der Waals surface area contributed by atoms with Crippen LogP contribution in [0.15, 0.2) is 89.8 Å². The van der Waals surface area contributed by atoms with Gasteiger partial charge in [-0.05, 0) is 68.9 Å². The number of rotatable bonds is 16. The largest absolute Gasteiger partial charge is 0.381 e. The van der Waals surface area contributed by atoms with Crippen LogP contribution < -0.4 is 5.32 Å². The molecule has 11 heteroatoms. The summed E-state index contributed by atoms with van der Waals surface area (Å²) >= 11 is 0. The van der Waals surface area contributed by atoms with E-state index in [4.69, 9.17) is 14.0 Å². The van der Waals surface area contributed by atoms with E-state index in [1.165, 1.54) is 37.8 Å². The van der Waals surface area contributed by atoms with Gasteiger partial charge in [-0.3, -0.25) is 23.6 Å².